The highest BCUT2D eigenvalue weighted by Crippen LogP contribution is 2.50. The van der Waals surface area contributed by atoms with Crippen LogP contribution in [0, 0.1) is 5.92 Å². The second-order valence-corrected chi connectivity index (χ2v) is 37.2. The lowest BCUT2D eigenvalue weighted by molar-refractivity contribution is -0.162. The molecule has 4 bridgehead atoms. The van der Waals surface area contributed by atoms with Crippen LogP contribution in [0.1, 0.15) is 122 Å². The maximum atomic E-state index is 14.5. The number of nitrogens with zero attached hydrogens (tertiary/aromatic N) is 9. The number of esters is 1. The number of benzene rings is 5. The molecule has 2 fully saturated rings. The van der Waals surface area contributed by atoms with Gasteiger partial charge in [-0.15, -0.1) is 0 Å². The number of likely N-dealkylation sites (N-methyl/N-ethyl adjacent to an activating group) is 1. The van der Waals surface area contributed by atoms with Crippen molar-refractivity contribution >= 4 is 80.5 Å². The molecule has 2 saturated heterocycles. The Morgan fingerprint density at radius 2 is 1.19 bits per heavy atom. The van der Waals surface area contributed by atoms with Gasteiger partial charge >= 0.3 is 12.1 Å². The second kappa shape index (κ2) is 52.0. The van der Waals surface area contributed by atoms with Crippen LogP contribution in [0.2, 0.25) is 5.02 Å². The Kier molecular flexibility index (Phi) is 39.5. The first-order chi connectivity index (χ1) is 65.4. The van der Waals surface area contributed by atoms with Crippen molar-refractivity contribution in [3.8, 4) is 22.6 Å². The van der Waals surface area contributed by atoms with Gasteiger partial charge in [-0.2, -0.15) is 0 Å². The van der Waals surface area contributed by atoms with Crippen LogP contribution in [0.3, 0.4) is 0 Å². The van der Waals surface area contributed by atoms with E-state index in [1.54, 1.807) is 45.2 Å². The van der Waals surface area contributed by atoms with Gasteiger partial charge in [0.2, 0.25) is 29.5 Å². The normalized spacial score (nSPS) is 19.2. The molecule has 32 heteroatoms. The van der Waals surface area contributed by atoms with Gasteiger partial charge in [0.05, 0.1) is 81.1 Å². The molecule has 29 nitrogen and oxygen atoms in total. The number of amides is 6. The van der Waals surface area contributed by atoms with E-state index in [4.69, 9.17) is 54.2 Å². The number of carbonyl (C=O) groups excluding carboxylic acids is 7. The summed E-state index contributed by atoms with van der Waals surface area (Å²) in [6, 6.07) is 58.9. The molecule has 135 heavy (non-hydrogen) atoms. The van der Waals surface area contributed by atoms with Crippen LogP contribution in [0.4, 0.5) is 10.5 Å². The van der Waals surface area contributed by atoms with E-state index in [1.165, 1.54) is 59.6 Å². The summed E-state index contributed by atoms with van der Waals surface area (Å²) in [7, 11) is 8.84. The van der Waals surface area contributed by atoms with Crippen molar-refractivity contribution in [2.24, 2.45) is 5.92 Å². The first-order valence-electron chi connectivity index (χ1n) is 45.5. The number of fused-ring (bicyclic) bond motifs is 5. The van der Waals surface area contributed by atoms with E-state index in [0.717, 1.165) is 78.6 Å². The molecule has 12 rings (SSSR count). The fraction of sp³-hybridized carbons (Fsp3) is 0.408. The van der Waals surface area contributed by atoms with Crippen molar-refractivity contribution in [1.82, 2.24) is 55.5 Å². The Labute approximate surface area is 803 Å². The van der Waals surface area contributed by atoms with Gasteiger partial charge in [0, 0.05) is 148 Å². The van der Waals surface area contributed by atoms with Crippen LogP contribution in [0.15, 0.2) is 231 Å². The quantitative estimate of drug-likeness (QED) is 0.0119. The van der Waals surface area contributed by atoms with Gasteiger partial charge in [-0.1, -0.05) is 173 Å². The van der Waals surface area contributed by atoms with E-state index in [-0.39, 0.29) is 101 Å². The molecule has 0 spiro atoms. The molecule has 1 unspecified atom stereocenters. The van der Waals surface area contributed by atoms with Gasteiger partial charge in [0.15, 0.2) is 5.72 Å². The average molecular weight is 1900 g/mol. The number of rotatable bonds is 47. The number of nitrogens with one attached hydrogen (secondary N) is 3. The molecule has 6 amide bonds. The number of ether oxygens (including phenoxy) is 9. The predicted molar refractivity (Wildman–Crippen MR) is 519 cm³/mol. The summed E-state index contributed by atoms with van der Waals surface area (Å²) in [5.74, 6) is -0.832. The average Bonchev–Trinajstić information content (AvgIpc) is 1.57. The molecule has 3 aliphatic heterocycles. The van der Waals surface area contributed by atoms with Crippen LogP contribution in [-0.4, -0.2) is 221 Å². The molecule has 5 aromatic carbocycles. The Balaban J connectivity index is 0.539. The van der Waals surface area contributed by atoms with Crippen molar-refractivity contribution in [3.05, 3.63) is 292 Å². The molecule has 4 aromatic heterocycles. The van der Waals surface area contributed by atoms with Crippen LogP contribution in [-0.2, 0) is 127 Å². The first kappa shape index (κ1) is 102. The summed E-state index contributed by atoms with van der Waals surface area (Å²) in [4.78, 5) is 123. The molecule has 0 radical (unpaired) electrons. The Morgan fingerprint density at radius 1 is 0.637 bits per heavy atom. The number of pyridine rings is 4. The van der Waals surface area contributed by atoms with Gasteiger partial charge in [0.25, 0.3) is 0 Å². The highest BCUT2D eigenvalue weighted by molar-refractivity contribution is 8.76. The van der Waals surface area contributed by atoms with Crippen molar-refractivity contribution < 1.29 is 81.3 Å². The number of aliphatic hydroxyl groups is 1. The highest BCUT2D eigenvalue weighted by atomic mass is 35.5. The summed E-state index contributed by atoms with van der Waals surface area (Å²) in [5.41, 5.74) is 9.75. The van der Waals surface area contributed by atoms with Crippen LogP contribution in [0.25, 0.3) is 11.1 Å². The number of methoxy groups -OCH3 is 2. The molecular weight excluding hydrogens is 1780 g/mol. The zero-order chi connectivity index (χ0) is 95.5. The summed E-state index contributed by atoms with van der Waals surface area (Å²) < 4.78 is 53.7. The lowest BCUT2D eigenvalue weighted by Crippen LogP contribution is -2.63. The van der Waals surface area contributed by atoms with Crippen molar-refractivity contribution in [1.29, 1.82) is 0 Å². The fourth-order valence-corrected chi connectivity index (χ4v) is 18.4. The van der Waals surface area contributed by atoms with E-state index in [2.05, 4.69) is 100 Å². The largest absolute Gasteiger partial charge is 0.495 e. The van der Waals surface area contributed by atoms with E-state index in [9.17, 15) is 38.7 Å². The summed E-state index contributed by atoms with van der Waals surface area (Å²) in [6.07, 6.45) is 9.42. The minimum Gasteiger partial charge on any atom is -0.495 e. The van der Waals surface area contributed by atoms with Gasteiger partial charge in [-0.3, -0.25) is 59.0 Å². The number of alkyl carbamates (subject to hydrolysis) is 1. The molecule has 9 aromatic rings. The van der Waals surface area contributed by atoms with Crippen molar-refractivity contribution in [3.63, 3.8) is 0 Å². The van der Waals surface area contributed by atoms with Crippen LogP contribution < -0.4 is 30.3 Å². The number of unbranched alkanes of at least 4 members (excludes halogenated alkanes) is 1. The second-order valence-electron chi connectivity index (χ2n) is 34.1. The van der Waals surface area contributed by atoms with E-state index >= 15 is 0 Å². The standard InChI is InChI=1S/C103H123ClN12O17S2/c1-72-23-22-30-91(126-8)103(124)60-90(131-101(123)111-103)73(2)99-102(4,133-99)92(59-96(120)113(6)88-57-78(53-72)58-89(125-7)98(88)104)132-100(122)74(3)112(5)95(119)40-52-135-134-51-39-93(117)109-61-75-31-33-76(34-32-75)62-110-94(118)70-128-49-47-127-48-50-129-71-97(121)116(65-77-35-37-82(38-36-77)81-24-10-9-11-25-81)45-20-21-46-130-87-55-79(63-114(66-83-26-12-16-41-105-83)67-84-27-13-17-42-106-84)54-80(56-87)64-115(68-85-28-14-18-43-107-85)69-86-29-15-19-44-108-86/h9-19,22-38,41-44,54-58,73-74,90-92,99,124H,20-21,39-40,45-53,59-71H2,1-8H3,(H,109,117)(H,110,118)(H,111,123)/b30-22+,72-23+/t73-,74+,90+,91-,92+,99+,102?,103+/m0/s1. The van der Waals surface area contributed by atoms with Crippen molar-refractivity contribution in [2.45, 2.75) is 173 Å². The Hall–Kier alpha value is -11.5. The maximum Gasteiger partial charge on any atom is 0.409 e. The van der Waals surface area contributed by atoms with Gasteiger partial charge in [-0.05, 0) is 157 Å². The Bertz CT molecular complexity index is 5190. The zero-order valence-corrected chi connectivity index (χ0v) is 80.3. The number of aromatic nitrogens is 4. The number of epoxide rings is 1. The molecule has 716 valence electrons. The minimum absolute atomic E-state index is 0.0748. The van der Waals surface area contributed by atoms with E-state index in [0.29, 0.717) is 108 Å². The smallest absolute Gasteiger partial charge is 0.409 e. The number of hydrogen-bond donors (Lipinski definition) is 4. The molecule has 8 atom stereocenters. The number of carbonyl (C=O) groups is 7. The van der Waals surface area contributed by atoms with Gasteiger partial charge in [0.1, 0.15) is 59.7 Å². The number of allylic oxidation sites excluding steroid dienone is 3. The molecule has 4 N–H and O–H groups in total. The van der Waals surface area contributed by atoms with E-state index in [1.807, 2.05) is 158 Å². The van der Waals surface area contributed by atoms with Gasteiger partial charge < -0.3 is 73.1 Å². The lowest BCUT2D eigenvalue weighted by Gasteiger charge is -2.42. The molecule has 0 aliphatic carbocycles. The summed E-state index contributed by atoms with van der Waals surface area (Å²) in [6.45, 7) is 12.9. The molecule has 7 heterocycles. The number of halogens is 1. The topological polar surface area (TPSA) is 330 Å². The predicted octanol–water partition coefficient (Wildman–Crippen LogP) is 14.2. The maximum absolute atomic E-state index is 14.5. The SMILES string of the molecule is COc1cc2cc(c1Cl)N(C)C(=O)C[C@@H](OC(=O)[C@@H](C)N(C)C(=O)CCSSCCC(=O)NCc1ccc(CNC(=O)COCCOCCOCC(=O)N(CCCCOc3cc(CN(Cc4ccccn4)Cc4ccccn4)cc(CN(Cc4ccccn4)Cc4ccccn4)c3)Cc3ccc(-c4ccccc4)cc3)cc1)C1(C)O[C@@H]1[C@@H](C)[C@H]1C[C@](O)(NC(=O)O1)[C@@H](OC)/C=C/C=C(\C)C2. The Morgan fingerprint density at radius 3 is 1.76 bits per heavy atom. The van der Waals surface area contributed by atoms with Crippen LogP contribution in [0.5, 0.6) is 11.5 Å². The molecular formula is C103H123ClN12O17S2. The third-order valence-corrected chi connectivity index (χ3v) is 26.6. The first-order valence-corrected chi connectivity index (χ1v) is 48.4. The van der Waals surface area contributed by atoms with E-state index < -0.39 is 65.7 Å². The summed E-state index contributed by atoms with van der Waals surface area (Å²) in [5, 5.41) is 20.5. The van der Waals surface area contributed by atoms with Crippen LogP contribution >= 0.6 is 33.2 Å². The monoisotopic (exact) mass is 1900 g/mol. The molecule has 3 aliphatic rings. The lowest BCUT2D eigenvalue weighted by atomic mass is 9.83. The molecule has 0 saturated carbocycles. The third-order valence-electron chi connectivity index (χ3n) is 23.8. The fourth-order valence-electron chi connectivity index (χ4n) is 16.1. The third kappa shape index (κ3) is 31.8. The summed E-state index contributed by atoms with van der Waals surface area (Å²) >= 11 is 6.87. The zero-order valence-electron chi connectivity index (χ0n) is 77.9. The van der Waals surface area contributed by atoms with Crippen molar-refractivity contribution in [2.75, 3.05) is 97.5 Å². The minimum atomic E-state index is -1.88. The number of anilines is 1. The number of hydrogen-bond acceptors (Lipinski definition) is 25. The van der Waals surface area contributed by atoms with Gasteiger partial charge in [-0.25, -0.2) is 9.59 Å². The highest BCUT2D eigenvalue weighted by Gasteiger charge is 2.65.